The maximum atomic E-state index is 11.9. The molecule has 188 valence electrons. The second kappa shape index (κ2) is 14.5. The standard InChI is InChI=1S/C15H16N4O3S.C6H7NO2S.C2H6/c16-15(17)19-10-3-1-2-9(8-10)11-4-5-12(23-11)14(22)18-7-6-13(20)21;7-10(8,9)6-4-2-1-3-5-6;1-2/h1-5,8H,6-7H2,(H,18,22)(H,20,21)(H4,16,17,19);1-5H,(H2,7,8,9);1-2H3. The lowest BCUT2D eigenvalue weighted by molar-refractivity contribution is -0.136. The smallest absolute Gasteiger partial charge is 0.305 e. The fourth-order valence-electron chi connectivity index (χ4n) is 2.47. The Labute approximate surface area is 208 Å². The molecule has 12 heteroatoms. The molecule has 0 aliphatic heterocycles. The summed E-state index contributed by atoms with van der Waals surface area (Å²) in [6.07, 6.45) is -0.107. The van der Waals surface area contributed by atoms with Gasteiger partial charge in [-0.05, 0) is 42.0 Å². The van der Waals surface area contributed by atoms with Gasteiger partial charge in [0.25, 0.3) is 5.91 Å². The van der Waals surface area contributed by atoms with Crippen LogP contribution < -0.4 is 21.9 Å². The Morgan fingerprint density at radius 1 is 1.00 bits per heavy atom. The van der Waals surface area contributed by atoms with Gasteiger partial charge in [-0.1, -0.05) is 44.2 Å². The van der Waals surface area contributed by atoms with E-state index in [1.807, 2.05) is 38.1 Å². The average molecular weight is 520 g/mol. The Kier molecular flexibility index (Phi) is 12.1. The third-order valence-electron chi connectivity index (χ3n) is 3.91. The molecule has 0 spiro atoms. The number of carboxylic acid groups (broad SMARTS) is 1. The van der Waals surface area contributed by atoms with Crippen molar-refractivity contribution in [1.29, 1.82) is 0 Å². The van der Waals surface area contributed by atoms with E-state index in [2.05, 4.69) is 10.3 Å². The number of rotatable bonds is 7. The molecule has 0 unspecified atom stereocenters. The number of primary sulfonamides is 1. The van der Waals surface area contributed by atoms with Crippen LogP contribution in [0.2, 0.25) is 0 Å². The molecule has 3 rings (SSSR count). The van der Waals surface area contributed by atoms with E-state index < -0.39 is 16.0 Å². The number of nitrogens with one attached hydrogen (secondary N) is 1. The lowest BCUT2D eigenvalue weighted by Gasteiger charge is -2.01. The molecule has 1 amide bonds. The lowest BCUT2D eigenvalue weighted by atomic mass is 10.1. The first-order valence-corrected chi connectivity index (χ1v) is 12.8. The average Bonchev–Trinajstić information content (AvgIpc) is 3.31. The second-order valence-electron chi connectivity index (χ2n) is 6.51. The predicted molar refractivity (Wildman–Crippen MR) is 139 cm³/mol. The van der Waals surface area contributed by atoms with Gasteiger partial charge < -0.3 is 21.9 Å². The van der Waals surface area contributed by atoms with Crippen molar-refractivity contribution in [2.75, 3.05) is 6.54 Å². The summed E-state index contributed by atoms with van der Waals surface area (Å²) in [5.41, 5.74) is 12.2. The maximum Gasteiger partial charge on any atom is 0.305 e. The third-order valence-corrected chi connectivity index (χ3v) is 5.98. The fourth-order valence-corrected chi connectivity index (χ4v) is 3.93. The summed E-state index contributed by atoms with van der Waals surface area (Å²) in [5, 5.41) is 16.0. The van der Waals surface area contributed by atoms with Crippen LogP contribution in [0, 0.1) is 0 Å². The van der Waals surface area contributed by atoms with Crippen molar-refractivity contribution >= 4 is 44.9 Å². The van der Waals surface area contributed by atoms with Gasteiger partial charge in [-0.25, -0.2) is 18.5 Å². The summed E-state index contributed by atoms with van der Waals surface area (Å²) < 4.78 is 21.2. The van der Waals surface area contributed by atoms with Gasteiger partial charge in [0.2, 0.25) is 10.0 Å². The van der Waals surface area contributed by atoms with E-state index in [0.717, 1.165) is 10.4 Å². The number of aliphatic carboxylic acids is 1. The van der Waals surface area contributed by atoms with Crippen LogP contribution >= 0.6 is 11.3 Å². The van der Waals surface area contributed by atoms with Crippen LogP contribution in [0.25, 0.3) is 10.4 Å². The molecule has 0 atom stereocenters. The van der Waals surface area contributed by atoms with Gasteiger partial charge >= 0.3 is 5.97 Å². The molecule has 0 aliphatic rings. The van der Waals surface area contributed by atoms with Crippen LogP contribution in [0.1, 0.15) is 29.9 Å². The number of carboxylic acids is 1. The number of carbonyl (C=O) groups excluding carboxylic acids is 1. The van der Waals surface area contributed by atoms with Crippen molar-refractivity contribution in [3.63, 3.8) is 0 Å². The molecule has 0 bridgehead atoms. The maximum absolute atomic E-state index is 11.9. The van der Waals surface area contributed by atoms with Gasteiger partial charge in [0.05, 0.1) is 21.9 Å². The molecule has 8 N–H and O–H groups in total. The summed E-state index contributed by atoms with van der Waals surface area (Å²) in [7, 11) is -3.50. The number of guanidine groups is 1. The van der Waals surface area contributed by atoms with E-state index in [9.17, 15) is 18.0 Å². The van der Waals surface area contributed by atoms with Crippen molar-refractivity contribution in [2.45, 2.75) is 25.2 Å². The van der Waals surface area contributed by atoms with Gasteiger partial charge in [0.15, 0.2) is 5.96 Å². The van der Waals surface area contributed by atoms with Gasteiger partial charge in [0.1, 0.15) is 0 Å². The Morgan fingerprint density at radius 2 is 1.66 bits per heavy atom. The van der Waals surface area contributed by atoms with Gasteiger partial charge in [-0.2, -0.15) is 0 Å². The minimum absolute atomic E-state index is 0.0215. The van der Waals surface area contributed by atoms with E-state index in [1.165, 1.54) is 23.5 Å². The lowest BCUT2D eigenvalue weighted by Crippen LogP contribution is -2.25. The zero-order valence-corrected chi connectivity index (χ0v) is 21.0. The van der Waals surface area contributed by atoms with Gasteiger partial charge in [-0.15, -0.1) is 11.3 Å². The molecule has 1 heterocycles. The molecule has 0 saturated carbocycles. The highest BCUT2D eigenvalue weighted by atomic mass is 32.2. The highest BCUT2D eigenvalue weighted by molar-refractivity contribution is 7.89. The number of amides is 1. The summed E-state index contributed by atoms with van der Waals surface area (Å²) >= 11 is 1.31. The summed E-state index contributed by atoms with van der Waals surface area (Å²) in [6, 6.07) is 18.7. The zero-order chi connectivity index (χ0) is 26.4. The molecule has 2 aromatic carbocycles. The molecule has 3 aromatic rings. The largest absolute Gasteiger partial charge is 0.481 e. The zero-order valence-electron chi connectivity index (χ0n) is 19.3. The van der Waals surface area contributed by atoms with Crippen LogP contribution in [0.15, 0.2) is 76.6 Å². The first kappa shape index (κ1) is 29.3. The number of hydrogen-bond donors (Lipinski definition) is 5. The molecular weight excluding hydrogens is 490 g/mol. The molecule has 0 fully saturated rings. The van der Waals surface area contributed by atoms with Crippen molar-refractivity contribution in [2.24, 2.45) is 21.6 Å². The van der Waals surface area contributed by atoms with Crippen molar-refractivity contribution in [3.05, 3.63) is 71.6 Å². The van der Waals surface area contributed by atoms with Crippen molar-refractivity contribution in [3.8, 4) is 10.4 Å². The molecule has 0 radical (unpaired) electrons. The van der Waals surface area contributed by atoms with Crippen LogP contribution in [-0.2, 0) is 14.8 Å². The van der Waals surface area contributed by atoms with Gasteiger partial charge in [0, 0.05) is 11.4 Å². The Balaban J connectivity index is 0.000000425. The number of carbonyl (C=O) groups is 2. The van der Waals surface area contributed by atoms with Crippen LogP contribution in [0.5, 0.6) is 0 Å². The monoisotopic (exact) mass is 519 g/mol. The number of nitrogens with two attached hydrogens (primary N) is 3. The van der Waals surface area contributed by atoms with Crippen molar-refractivity contribution < 1.29 is 23.1 Å². The summed E-state index contributed by atoms with van der Waals surface area (Å²) in [6.45, 7) is 4.10. The van der Waals surface area contributed by atoms with E-state index in [1.54, 1.807) is 30.3 Å². The normalized spacial score (nSPS) is 10.0. The SMILES string of the molecule is CC.NC(N)=Nc1cccc(-c2ccc(C(=O)NCCC(=O)O)s2)c1.NS(=O)(=O)c1ccccc1. The van der Waals surface area contributed by atoms with Gasteiger partial charge in [-0.3, -0.25) is 9.59 Å². The minimum atomic E-state index is -3.50. The first-order chi connectivity index (χ1) is 16.6. The van der Waals surface area contributed by atoms with E-state index in [-0.39, 0.29) is 29.7 Å². The second-order valence-corrected chi connectivity index (χ2v) is 9.15. The topological polar surface area (TPSA) is 191 Å². The summed E-state index contributed by atoms with van der Waals surface area (Å²) in [5.74, 6) is -1.26. The highest BCUT2D eigenvalue weighted by Crippen LogP contribution is 2.30. The Morgan fingerprint density at radius 3 is 2.20 bits per heavy atom. The van der Waals surface area contributed by atoms with Crippen LogP contribution in [0.3, 0.4) is 0 Å². The minimum Gasteiger partial charge on any atom is -0.481 e. The number of aliphatic imine (C=N–C) groups is 1. The molecule has 35 heavy (non-hydrogen) atoms. The molecule has 10 nitrogen and oxygen atoms in total. The quantitative estimate of drug-likeness (QED) is 0.234. The summed E-state index contributed by atoms with van der Waals surface area (Å²) in [4.78, 5) is 27.9. The van der Waals surface area contributed by atoms with Crippen LogP contribution in [0.4, 0.5) is 5.69 Å². The fraction of sp³-hybridized carbons (Fsp3) is 0.174. The Hall–Kier alpha value is -3.74. The Bertz CT molecular complexity index is 1240. The van der Waals surface area contributed by atoms with Crippen LogP contribution in [-0.4, -0.2) is 37.9 Å². The molecular formula is C23H29N5O5S2. The number of hydrogen-bond acceptors (Lipinski definition) is 6. The van der Waals surface area contributed by atoms with Crippen molar-refractivity contribution in [1.82, 2.24) is 5.32 Å². The van der Waals surface area contributed by atoms with E-state index >= 15 is 0 Å². The highest BCUT2D eigenvalue weighted by Gasteiger charge is 2.11. The third kappa shape index (κ3) is 10.8. The van der Waals surface area contributed by atoms with E-state index in [4.69, 9.17) is 21.7 Å². The molecule has 1 aromatic heterocycles. The number of sulfonamides is 1. The number of benzene rings is 2. The first-order valence-electron chi connectivity index (χ1n) is 10.4. The molecule has 0 aliphatic carbocycles. The predicted octanol–water partition coefficient (Wildman–Crippen LogP) is 2.88. The molecule has 0 saturated heterocycles. The number of thiophene rings is 1. The van der Waals surface area contributed by atoms with E-state index in [0.29, 0.717) is 10.6 Å². The number of nitrogens with zero attached hydrogens (tertiary/aromatic N) is 1.